The van der Waals surface area contributed by atoms with Crippen molar-refractivity contribution in [2.24, 2.45) is 0 Å². The average Bonchev–Trinajstić information content (AvgIpc) is 3.15. The average molecular weight is 425 g/mol. The van der Waals surface area contributed by atoms with Gasteiger partial charge in [-0.3, -0.25) is 0 Å². The van der Waals surface area contributed by atoms with E-state index in [1.807, 2.05) is 0 Å². The van der Waals surface area contributed by atoms with Crippen molar-refractivity contribution in [2.75, 3.05) is 74.1 Å². The zero-order chi connectivity index (χ0) is 20.7. The zero-order valence-corrected chi connectivity index (χ0v) is 18.7. The smallest absolute Gasteiger partial charge is 0.227 e. The first-order valence-electron chi connectivity index (χ1n) is 10.6. The maximum absolute atomic E-state index is 4.94. The number of hydrogen-bond acceptors (Lipinski definition) is 9. The van der Waals surface area contributed by atoms with Crippen molar-refractivity contribution in [2.45, 2.75) is 13.8 Å². The van der Waals surface area contributed by atoms with Gasteiger partial charge in [-0.1, -0.05) is 0 Å². The van der Waals surface area contributed by atoms with Crippen LogP contribution in [0.1, 0.15) is 11.3 Å². The third-order valence-corrected chi connectivity index (χ3v) is 7.11. The van der Waals surface area contributed by atoms with Crippen molar-refractivity contribution in [3.8, 4) is 0 Å². The molecule has 158 valence electrons. The predicted molar refractivity (Wildman–Crippen MR) is 123 cm³/mol. The fourth-order valence-corrected chi connectivity index (χ4v) is 5.19. The summed E-state index contributed by atoms with van der Waals surface area (Å²) in [5.74, 6) is 2.97. The lowest BCUT2D eigenvalue weighted by Crippen LogP contribution is -2.48. The molecule has 3 aromatic rings. The first-order valence-corrected chi connectivity index (χ1v) is 11.4. The Hall–Kier alpha value is -2.52. The Morgan fingerprint density at radius 2 is 1.53 bits per heavy atom. The summed E-state index contributed by atoms with van der Waals surface area (Å²) in [5, 5.41) is 2.17. The highest BCUT2D eigenvalue weighted by atomic mass is 32.1. The minimum Gasteiger partial charge on any atom is -0.353 e. The van der Waals surface area contributed by atoms with E-state index < -0.39 is 0 Å². The molecule has 5 rings (SSSR count). The van der Waals surface area contributed by atoms with E-state index in [4.69, 9.17) is 9.97 Å². The Bertz CT molecular complexity index is 1030. The van der Waals surface area contributed by atoms with Crippen LogP contribution in [0.25, 0.3) is 10.2 Å². The van der Waals surface area contributed by atoms with Crippen LogP contribution in [-0.4, -0.2) is 84.2 Å². The van der Waals surface area contributed by atoms with Crippen molar-refractivity contribution in [3.05, 3.63) is 29.0 Å². The standard InChI is InChI=1S/C21H28N8S/c1-15-13-30-19-18(15)22-14-23-20(19)28-10-8-27(9-11-28)17-12-16(2)24-21(25-17)29-6-4-26(3)5-7-29/h12-14H,4-11H2,1-3H3. The van der Waals surface area contributed by atoms with Gasteiger partial charge in [0.2, 0.25) is 5.95 Å². The van der Waals surface area contributed by atoms with Crippen molar-refractivity contribution in [1.82, 2.24) is 24.8 Å². The molecule has 0 aliphatic carbocycles. The Kier molecular flexibility index (Phi) is 5.16. The van der Waals surface area contributed by atoms with Gasteiger partial charge in [-0.2, -0.15) is 4.98 Å². The highest BCUT2D eigenvalue weighted by molar-refractivity contribution is 7.18. The lowest BCUT2D eigenvalue weighted by molar-refractivity contribution is 0.311. The first kappa shape index (κ1) is 19.4. The fraction of sp³-hybridized carbons (Fsp3) is 0.524. The van der Waals surface area contributed by atoms with Gasteiger partial charge in [0.15, 0.2) is 0 Å². The van der Waals surface area contributed by atoms with Crippen molar-refractivity contribution in [3.63, 3.8) is 0 Å². The number of likely N-dealkylation sites (N-methyl/N-ethyl adjacent to an activating group) is 1. The molecule has 0 atom stereocenters. The highest BCUT2D eigenvalue weighted by Gasteiger charge is 2.24. The Labute approximate surface area is 181 Å². The molecule has 3 aromatic heterocycles. The van der Waals surface area contributed by atoms with E-state index in [0.717, 1.165) is 81.2 Å². The molecule has 8 nitrogen and oxygen atoms in total. The van der Waals surface area contributed by atoms with Gasteiger partial charge in [-0.05, 0) is 31.8 Å². The third kappa shape index (κ3) is 3.67. The van der Waals surface area contributed by atoms with Crippen LogP contribution in [0.5, 0.6) is 0 Å². The monoisotopic (exact) mass is 424 g/mol. The van der Waals surface area contributed by atoms with Gasteiger partial charge in [0.25, 0.3) is 0 Å². The number of fused-ring (bicyclic) bond motifs is 1. The molecule has 0 amide bonds. The molecule has 5 heterocycles. The summed E-state index contributed by atoms with van der Waals surface area (Å²) < 4.78 is 1.19. The van der Waals surface area contributed by atoms with Crippen molar-refractivity contribution in [1.29, 1.82) is 0 Å². The van der Waals surface area contributed by atoms with Crippen LogP contribution in [0.3, 0.4) is 0 Å². The quantitative estimate of drug-likeness (QED) is 0.634. The van der Waals surface area contributed by atoms with Gasteiger partial charge >= 0.3 is 0 Å². The van der Waals surface area contributed by atoms with E-state index in [1.54, 1.807) is 17.7 Å². The van der Waals surface area contributed by atoms with Gasteiger partial charge in [0, 0.05) is 64.1 Å². The van der Waals surface area contributed by atoms with Crippen LogP contribution in [0.4, 0.5) is 17.6 Å². The second-order valence-corrected chi connectivity index (χ2v) is 9.11. The molecule has 0 bridgehead atoms. The number of aromatic nitrogens is 4. The maximum atomic E-state index is 4.94. The molecule has 2 fully saturated rings. The lowest BCUT2D eigenvalue weighted by Gasteiger charge is -2.37. The maximum Gasteiger partial charge on any atom is 0.227 e. The first-order chi connectivity index (χ1) is 14.6. The Morgan fingerprint density at radius 1 is 0.833 bits per heavy atom. The third-order valence-electron chi connectivity index (χ3n) is 6.03. The summed E-state index contributed by atoms with van der Waals surface area (Å²) in [6, 6.07) is 2.11. The molecule has 9 heteroatoms. The van der Waals surface area contributed by atoms with Crippen LogP contribution < -0.4 is 14.7 Å². The molecule has 30 heavy (non-hydrogen) atoms. The normalized spacial score (nSPS) is 18.4. The highest BCUT2D eigenvalue weighted by Crippen LogP contribution is 2.31. The lowest BCUT2D eigenvalue weighted by atomic mass is 10.2. The predicted octanol–water partition coefficient (Wildman–Crippen LogP) is 2.18. The van der Waals surface area contributed by atoms with Gasteiger partial charge in [-0.25, -0.2) is 15.0 Å². The molecule has 2 aliphatic rings. The van der Waals surface area contributed by atoms with Gasteiger partial charge in [0.05, 0.1) is 10.2 Å². The van der Waals surface area contributed by atoms with Crippen LogP contribution in [-0.2, 0) is 0 Å². The van der Waals surface area contributed by atoms with Crippen molar-refractivity contribution >= 4 is 39.1 Å². The summed E-state index contributed by atoms with van der Waals surface area (Å²) in [5.41, 5.74) is 3.34. The van der Waals surface area contributed by atoms with Crippen LogP contribution in [0, 0.1) is 13.8 Å². The largest absolute Gasteiger partial charge is 0.353 e. The zero-order valence-electron chi connectivity index (χ0n) is 17.9. The Balaban J connectivity index is 1.32. The van der Waals surface area contributed by atoms with Crippen LogP contribution in [0.15, 0.2) is 17.8 Å². The number of thiophene rings is 1. The van der Waals surface area contributed by atoms with E-state index in [2.05, 4.69) is 61.9 Å². The van der Waals surface area contributed by atoms with Gasteiger partial charge in [0.1, 0.15) is 18.0 Å². The second kappa shape index (κ2) is 7.96. The molecule has 0 N–H and O–H groups in total. The van der Waals surface area contributed by atoms with Gasteiger partial charge < -0.3 is 19.6 Å². The SMILES string of the molecule is Cc1cc(N2CCN(c3ncnc4c(C)csc34)CC2)nc(N2CCN(C)CC2)n1. The molecule has 2 aliphatic heterocycles. The summed E-state index contributed by atoms with van der Waals surface area (Å²) in [7, 11) is 2.17. The number of rotatable bonds is 3. The van der Waals surface area contributed by atoms with E-state index in [1.165, 1.54) is 10.3 Å². The number of nitrogens with zero attached hydrogens (tertiary/aromatic N) is 8. The molecule has 0 spiro atoms. The van der Waals surface area contributed by atoms with Crippen molar-refractivity contribution < 1.29 is 0 Å². The Morgan fingerprint density at radius 3 is 2.30 bits per heavy atom. The topological polar surface area (TPSA) is 64.5 Å². The summed E-state index contributed by atoms with van der Waals surface area (Å²) in [6.45, 7) is 12.0. The summed E-state index contributed by atoms with van der Waals surface area (Å²) in [4.78, 5) is 28.2. The molecular weight excluding hydrogens is 396 g/mol. The van der Waals surface area contributed by atoms with Gasteiger partial charge in [-0.15, -0.1) is 11.3 Å². The van der Waals surface area contributed by atoms with E-state index in [0.29, 0.717) is 0 Å². The molecule has 2 saturated heterocycles. The number of piperazine rings is 2. The number of aryl methyl sites for hydroxylation is 2. The molecule has 0 unspecified atom stereocenters. The second-order valence-electron chi connectivity index (χ2n) is 8.23. The minimum atomic E-state index is 0.868. The minimum absolute atomic E-state index is 0.868. The van der Waals surface area contributed by atoms with E-state index in [-0.39, 0.29) is 0 Å². The molecule has 0 aromatic carbocycles. The van der Waals surface area contributed by atoms with Crippen LogP contribution in [0.2, 0.25) is 0 Å². The number of anilines is 3. The number of hydrogen-bond donors (Lipinski definition) is 0. The summed E-state index contributed by atoms with van der Waals surface area (Å²) in [6.07, 6.45) is 1.69. The molecular formula is C21H28N8S. The van der Waals surface area contributed by atoms with E-state index in [9.17, 15) is 0 Å². The molecule has 0 radical (unpaired) electrons. The van der Waals surface area contributed by atoms with Crippen LogP contribution >= 0.6 is 11.3 Å². The van der Waals surface area contributed by atoms with E-state index >= 15 is 0 Å². The summed E-state index contributed by atoms with van der Waals surface area (Å²) >= 11 is 1.74. The fourth-order valence-electron chi connectivity index (χ4n) is 4.18. The molecule has 0 saturated carbocycles.